The zero-order valence-electron chi connectivity index (χ0n) is 15.7. The molecule has 0 unspecified atom stereocenters. The molecule has 0 saturated heterocycles. The first kappa shape index (κ1) is 19.2. The van der Waals surface area contributed by atoms with Crippen LogP contribution in [0, 0.1) is 0 Å². The lowest BCUT2D eigenvalue weighted by Crippen LogP contribution is -2.57. The van der Waals surface area contributed by atoms with Gasteiger partial charge in [-0.2, -0.15) is 0 Å². The third kappa shape index (κ3) is 5.17. The molecule has 0 bridgehead atoms. The van der Waals surface area contributed by atoms with E-state index in [2.05, 4.69) is 61.2 Å². The average Bonchev–Trinajstić information content (AvgIpc) is 2.59. The van der Waals surface area contributed by atoms with Crippen LogP contribution in [0.25, 0.3) is 0 Å². The van der Waals surface area contributed by atoms with Crippen molar-refractivity contribution in [3.63, 3.8) is 0 Å². The molecule has 0 heterocycles. The van der Waals surface area contributed by atoms with Gasteiger partial charge in [0.05, 0.1) is 0 Å². The van der Waals surface area contributed by atoms with Crippen molar-refractivity contribution >= 4 is 24.4 Å². The highest BCUT2D eigenvalue weighted by Crippen LogP contribution is 2.16. The molecule has 2 nitrogen and oxygen atoms in total. The van der Waals surface area contributed by atoms with Crippen molar-refractivity contribution in [3.8, 4) is 0 Å². The van der Waals surface area contributed by atoms with Crippen LogP contribution in [0.2, 0.25) is 6.04 Å². The van der Waals surface area contributed by atoms with E-state index in [1.165, 1.54) is 10.4 Å². The minimum atomic E-state index is -2.17. The summed E-state index contributed by atoms with van der Waals surface area (Å²) in [6, 6.07) is 22.2. The molecule has 0 aliphatic heterocycles. The molecule has 132 valence electrons. The monoisotopic (exact) mass is 352 g/mol. The lowest BCUT2D eigenvalue weighted by molar-refractivity contribution is -0.148. The molecule has 0 aromatic heterocycles. The highest BCUT2D eigenvalue weighted by Gasteiger charge is 2.34. The summed E-state index contributed by atoms with van der Waals surface area (Å²) in [6.07, 6.45) is 2.71. The van der Waals surface area contributed by atoms with Crippen molar-refractivity contribution in [2.45, 2.75) is 45.8 Å². The summed E-state index contributed by atoms with van der Waals surface area (Å²) < 4.78 is 5.48. The average molecular weight is 353 g/mol. The summed E-state index contributed by atoms with van der Waals surface area (Å²) in [7, 11) is -2.17. The largest absolute Gasteiger partial charge is 0.457 e. The van der Waals surface area contributed by atoms with Gasteiger partial charge in [0.15, 0.2) is 0 Å². The fourth-order valence-electron chi connectivity index (χ4n) is 3.14. The van der Waals surface area contributed by atoms with Crippen molar-refractivity contribution < 1.29 is 9.53 Å². The number of hydrogen-bond acceptors (Lipinski definition) is 2. The van der Waals surface area contributed by atoms with Gasteiger partial charge in [0, 0.05) is 6.08 Å². The van der Waals surface area contributed by atoms with Gasteiger partial charge in [0.2, 0.25) is 0 Å². The molecule has 0 aliphatic carbocycles. The van der Waals surface area contributed by atoms with Gasteiger partial charge in [-0.05, 0) is 37.2 Å². The minimum Gasteiger partial charge on any atom is -0.457 e. The molecule has 0 atom stereocenters. The molecule has 0 aliphatic rings. The second-order valence-electron chi connectivity index (χ2n) is 7.32. The molecule has 0 fully saturated rings. The van der Waals surface area contributed by atoms with E-state index in [4.69, 9.17) is 4.74 Å². The highest BCUT2D eigenvalue weighted by molar-refractivity contribution is 7.06. The van der Waals surface area contributed by atoms with Crippen molar-refractivity contribution in [1.82, 2.24) is 0 Å². The van der Waals surface area contributed by atoms with Crippen LogP contribution >= 0.6 is 0 Å². The molecule has 0 amide bonds. The smallest absolute Gasteiger partial charge is 0.330 e. The van der Waals surface area contributed by atoms with Crippen LogP contribution in [0.4, 0.5) is 0 Å². The van der Waals surface area contributed by atoms with Crippen molar-refractivity contribution in [2.24, 2.45) is 0 Å². The van der Waals surface area contributed by atoms with E-state index in [1.54, 1.807) is 6.08 Å². The second-order valence-corrected chi connectivity index (χ2v) is 11.3. The maximum atomic E-state index is 12.3. The first-order valence-corrected chi connectivity index (χ1v) is 11.2. The molecule has 0 spiro atoms. The van der Waals surface area contributed by atoms with E-state index in [0.717, 1.165) is 12.5 Å². The van der Waals surface area contributed by atoms with E-state index >= 15 is 0 Å². The number of rotatable bonds is 6. The van der Waals surface area contributed by atoms with Gasteiger partial charge in [-0.15, -0.1) is 0 Å². The molecule has 25 heavy (non-hydrogen) atoms. The maximum Gasteiger partial charge on any atom is 0.330 e. The van der Waals surface area contributed by atoms with E-state index in [9.17, 15) is 4.79 Å². The second kappa shape index (κ2) is 8.30. The van der Waals surface area contributed by atoms with Gasteiger partial charge in [-0.25, -0.2) is 4.79 Å². The Kier molecular flexibility index (Phi) is 6.37. The molecule has 2 rings (SSSR count). The molecule has 0 saturated carbocycles. The van der Waals surface area contributed by atoms with Crippen LogP contribution < -0.4 is 10.4 Å². The normalized spacial score (nSPS) is 12.3. The summed E-state index contributed by atoms with van der Waals surface area (Å²) in [5, 5.41) is 2.64. The van der Waals surface area contributed by atoms with Crippen molar-refractivity contribution in [1.29, 1.82) is 0 Å². The van der Waals surface area contributed by atoms with E-state index in [1.807, 2.05) is 32.9 Å². The lowest BCUT2D eigenvalue weighted by Gasteiger charge is -2.30. The van der Waals surface area contributed by atoms with Gasteiger partial charge >= 0.3 is 5.97 Å². The molecule has 3 heteroatoms. The lowest BCUT2D eigenvalue weighted by atomic mass is 10.2. The van der Waals surface area contributed by atoms with Crippen LogP contribution in [0.15, 0.2) is 72.4 Å². The van der Waals surface area contributed by atoms with Gasteiger partial charge in [-0.3, -0.25) is 0 Å². The maximum absolute atomic E-state index is 12.3. The topological polar surface area (TPSA) is 26.3 Å². The van der Waals surface area contributed by atoms with Crippen LogP contribution in [0.5, 0.6) is 0 Å². The zero-order chi connectivity index (χ0) is 18.3. The molecule has 0 N–H and O–H groups in total. The number of ether oxygens (including phenoxy) is 1. The Morgan fingerprint density at radius 1 is 0.960 bits per heavy atom. The molecular weight excluding hydrogens is 324 g/mol. The summed E-state index contributed by atoms with van der Waals surface area (Å²) in [5.74, 6) is -0.271. The quantitative estimate of drug-likeness (QED) is 0.444. The standard InChI is InChI=1S/C22H28O2Si/c1-5-17-25(19-12-8-6-9-13-19,20-14-10-7-11-15-20)18-16-21(23)24-22(2,3)4/h6-16,18H,5,17H2,1-4H3/b18-16+. The van der Waals surface area contributed by atoms with E-state index < -0.39 is 13.7 Å². The molecular formula is C22H28O2Si. The van der Waals surface area contributed by atoms with Crippen molar-refractivity contribution in [2.75, 3.05) is 0 Å². The predicted molar refractivity (Wildman–Crippen MR) is 108 cm³/mol. The van der Waals surface area contributed by atoms with Crippen LogP contribution in [0.3, 0.4) is 0 Å². The van der Waals surface area contributed by atoms with Crippen LogP contribution in [0.1, 0.15) is 34.1 Å². The number of esters is 1. The van der Waals surface area contributed by atoms with Crippen LogP contribution in [-0.2, 0) is 9.53 Å². The Bertz CT molecular complexity index is 660. The fourth-order valence-corrected chi connectivity index (χ4v) is 7.39. The van der Waals surface area contributed by atoms with Crippen molar-refractivity contribution in [3.05, 3.63) is 72.4 Å². The number of hydrogen-bond donors (Lipinski definition) is 0. The zero-order valence-corrected chi connectivity index (χ0v) is 16.7. The molecule has 2 aromatic carbocycles. The SMILES string of the molecule is CCC[Si](/C=C/C(=O)OC(C)(C)C)(c1ccccc1)c1ccccc1. The Morgan fingerprint density at radius 2 is 1.44 bits per heavy atom. The Labute approximate surface area is 152 Å². The Morgan fingerprint density at radius 3 is 1.84 bits per heavy atom. The van der Waals surface area contributed by atoms with Crippen LogP contribution in [-0.4, -0.2) is 19.6 Å². The summed E-state index contributed by atoms with van der Waals surface area (Å²) in [6.45, 7) is 7.88. The van der Waals surface area contributed by atoms with Gasteiger partial charge in [-0.1, -0.05) is 79.7 Å². The number of benzene rings is 2. The van der Waals surface area contributed by atoms with E-state index in [0.29, 0.717) is 0 Å². The van der Waals surface area contributed by atoms with Gasteiger partial charge in [0.25, 0.3) is 0 Å². The fraction of sp³-hybridized carbons (Fsp3) is 0.318. The molecule has 0 radical (unpaired) electrons. The number of carbonyl (C=O) groups is 1. The molecule has 2 aromatic rings. The third-order valence-electron chi connectivity index (χ3n) is 4.13. The first-order chi connectivity index (χ1) is 11.9. The predicted octanol–water partition coefficient (Wildman–Crippen LogP) is 4.10. The summed E-state index contributed by atoms with van der Waals surface area (Å²) in [4.78, 5) is 12.3. The van der Waals surface area contributed by atoms with E-state index in [-0.39, 0.29) is 5.97 Å². The summed E-state index contributed by atoms with van der Waals surface area (Å²) in [5.41, 5.74) is 1.67. The Hall–Kier alpha value is -2.13. The first-order valence-electron chi connectivity index (χ1n) is 8.91. The minimum absolute atomic E-state index is 0.271. The third-order valence-corrected chi connectivity index (χ3v) is 8.88. The van der Waals surface area contributed by atoms with Gasteiger partial charge in [0.1, 0.15) is 13.7 Å². The highest BCUT2D eigenvalue weighted by atomic mass is 28.3. The van der Waals surface area contributed by atoms with Gasteiger partial charge < -0.3 is 4.74 Å². The number of carbonyl (C=O) groups excluding carboxylic acids is 1. The summed E-state index contributed by atoms with van der Waals surface area (Å²) >= 11 is 0. The Balaban J connectivity index is 2.50.